The lowest BCUT2D eigenvalue weighted by Gasteiger charge is -2.03. The molecule has 2 rings (SSSR count). The van der Waals surface area contributed by atoms with Crippen molar-refractivity contribution in [1.82, 2.24) is 0 Å². The lowest BCUT2D eigenvalue weighted by molar-refractivity contribution is -0.0278. The third-order valence-electron chi connectivity index (χ3n) is 2.37. The van der Waals surface area contributed by atoms with Crippen LogP contribution < -0.4 is 0 Å². The highest BCUT2D eigenvalue weighted by Crippen LogP contribution is 2.73. The van der Waals surface area contributed by atoms with Gasteiger partial charge in [-0.1, -0.05) is 30.3 Å². The lowest BCUT2D eigenvalue weighted by atomic mass is 10.1. The van der Waals surface area contributed by atoms with Crippen molar-refractivity contribution in [2.45, 2.75) is 17.5 Å². The minimum absolute atomic E-state index is 0.685. The molecule has 1 aliphatic carbocycles. The Morgan fingerprint density at radius 1 is 0.714 bits per heavy atom. The predicted octanol–water partition coefficient (Wildman–Crippen LogP) is 3.14. The molecule has 0 amide bonds. The van der Waals surface area contributed by atoms with Crippen molar-refractivity contribution >= 4 is 0 Å². The van der Waals surface area contributed by atoms with Gasteiger partial charge in [-0.3, -0.25) is 0 Å². The van der Waals surface area contributed by atoms with Gasteiger partial charge in [0.1, 0.15) is 0 Å². The number of benzene rings is 1. The van der Waals surface area contributed by atoms with Crippen LogP contribution >= 0.6 is 0 Å². The van der Waals surface area contributed by atoms with E-state index in [2.05, 4.69) is 0 Å². The maximum Gasteiger partial charge on any atom is 0.357 e. The van der Waals surface area contributed by atoms with Gasteiger partial charge in [0.2, 0.25) is 0 Å². The lowest BCUT2D eigenvalue weighted by Crippen LogP contribution is -2.10. The fourth-order valence-electron chi connectivity index (χ4n) is 1.42. The first-order chi connectivity index (χ1) is 6.36. The monoisotopic (exact) mass is 208 g/mol. The maximum atomic E-state index is 13.3. The number of alkyl halides is 5. The van der Waals surface area contributed by atoms with E-state index < -0.39 is 23.1 Å². The first kappa shape index (κ1) is 9.43. The number of rotatable bonds is 1. The Hall–Kier alpha value is -1.13. The summed E-state index contributed by atoms with van der Waals surface area (Å²) in [5.74, 6) is -9.19. The summed E-state index contributed by atoms with van der Waals surface area (Å²) in [6, 6.07) is 5.76. The van der Waals surface area contributed by atoms with Crippen molar-refractivity contribution in [3.63, 3.8) is 0 Å². The molecule has 5 heteroatoms. The van der Waals surface area contributed by atoms with E-state index in [0.29, 0.717) is 0 Å². The van der Waals surface area contributed by atoms with Gasteiger partial charge in [0.15, 0.2) is 0 Å². The fourth-order valence-corrected chi connectivity index (χ4v) is 1.42. The molecule has 1 aromatic rings. The van der Waals surface area contributed by atoms with Gasteiger partial charge < -0.3 is 0 Å². The third-order valence-corrected chi connectivity index (χ3v) is 2.37. The summed E-state index contributed by atoms with van der Waals surface area (Å²) in [5.41, 5.74) is -4.52. The molecule has 0 atom stereocenters. The van der Waals surface area contributed by atoms with Crippen molar-refractivity contribution in [2.24, 2.45) is 0 Å². The zero-order valence-corrected chi connectivity index (χ0v) is 6.78. The molecule has 0 unspecified atom stereocenters. The van der Waals surface area contributed by atoms with Crippen LogP contribution in [0.5, 0.6) is 0 Å². The highest BCUT2D eigenvalue weighted by Gasteiger charge is 2.99. The van der Waals surface area contributed by atoms with Crippen LogP contribution in [0.4, 0.5) is 22.0 Å². The molecule has 0 saturated heterocycles. The summed E-state index contributed by atoms with van der Waals surface area (Å²) in [7, 11) is 0. The van der Waals surface area contributed by atoms with Crippen LogP contribution in [0.2, 0.25) is 0 Å². The van der Waals surface area contributed by atoms with Gasteiger partial charge in [-0.05, 0) is 0 Å². The van der Waals surface area contributed by atoms with Crippen LogP contribution in [0, 0.1) is 0 Å². The van der Waals surface area contributed by atoms with Gasteiger partial charge in [0, 0.05) is 5.56 Å². The molecule has 1 saturated carbocycles. The van der Waals surface area contributed by atoms with Gasteiger partial charge >= 0.3 is 11.8 Å². The largest absolute Gasteiger partial charge is 0.357 e. The summed E-state index contributed by atoms with van der Waals surface area (Å²) in [5, 5.41) is 0. The molecule has 1 fully saturated rings. The molecule has 0 aliphatic heterocycles. The summed E-state index contributed by atoms with van der Waals surface area (Å²) in [4.78, 5) is 0. The summed E-state index contributed by atoms with van der Waals surface area (Å²) < 4.78 is 63.4. The number of hydrogen-bond donors (Lipinski definition) is 0. The van der Waals surface area contributed by atoms with Crippen LogP contribution in [0.15, 0.2) is 30.3 Å². The Labute approximate surface area is 76.3 Å². The van der Waals surface area contributed by atoms with Gasteiger partial charge in [-0.25, -0.2) is 4.39 Å². The zero-order chi connectivity index (χ0) is 10.6. The fraction of sp³-hybridized carbons (Fsp3) is 0.333. The summed E-state index contributed by atoms with van der Waals surface area (Å²) >= 11 is 0. The highest BCUT2D eigenvalue weighted by atomic mass is 19.3. The first-order valence-corrected chi connectivity index (χ1v) is 3.86. The molecule has 0 N–H and O–H groups in total. The standard InChI is InChI=1S/C9H5F5/c10-7(6-4-2-1-3-5-6)8(11,12)9(7,13)14/h1-5H. The quantitative estimate of drug-likeness (QED) is 0.622. The van der Waals surface area contributed by atoms with Crippen molar-refractivity contribution in [2.75, 3.05) is 0 Å². The molecule has 0 nitrogen and oxygen atoms in total. The van der Waals surface area contributed by atoms with E-state index in [-0.39, 0.29) is 0 Å². The second-order valence-electron chi connectivity index (χ2n) is 3.17. The SMILES string of the molecule is FC1(F)C(F)(F)C1(F)c1ccccc1. The Morgan fingerprint density at radius 2 is 1.14 bits per heavy atom. The molecule has 0 spiro atoms. The van der Waals surface area contributed by atoms with Crippen LogP contribution in [0.1, 0.15) is 5.56 Å². The summed E-state index contributed by atoms with van der Waals surface area (Å²) in [6.45, 7) is 0. The predicted molar refractivity (Wildman–Crippen MR) is 39.1 cm³/mol. The Kier molecular flexibility index (Phi) is 1.53. The van der Waals surface area contributed by atoms with Crippen molar-refractivity contribution in [3.05, 3.63) is 35.9 Å². The normalized spacial score (nSPS) is 25.8. The molecule has 0 aromatic heterocycles. The average Bonchev–Trinajstić information content (AvgIpc) is 2.47. The van der Waals surface area contributed by atoms with E-state index in [0.717, 1.165) is 12.1 Å². The van der Waals surface area contributed by atoms with E-state index in [1.54, 1.807) is 0 Å². The van der Waals surface area contributed by atoms with E-state index in [4.69, 9.17) is 0 Å². The van der Waals surface area contributed by atoms with Gasteiger partial charge in [0.05, 0.1) is 0 Å². The Morgan fingerprint density at radius 3 is 1.50 bits per heavy atom. The molecular weight excluding hydrogens is 203 g/mol. The van der Waals surface area contributed by atoms with Crippen molar-refractivity contribution in [1.29, 1.82) is 0 Å². The maximum absolute atomic E-state index is 13.3. The first-order valence-electron chi connectivity index (χ1n) is 3.86. The molecule has 76 valence electrons. The van der Waals surface area contributed by atoms with Crippen LogP contribution in [-0.2, 0) is 5.67 Å². The van der Waals surface area contributed by atoms with E-state index >= 15 is 0 Å². The molecule has 0 radical (unpaired) electrons. The Balaban J connectivity index is 2.48. The molecule has 0 heterocycles. The molecule has 1 aromatic carbocycles. The minimum Gasteiger partial charge on any atom is -0.225 e. The molecule has 0 bridgehead atoms. The average molecular weight is 208 g/mol. The van der Waals surface area contributed by atoms with E-state index in [9.17, 15) is 22.0 Å². The van der Waals surface area contributed by atoms with Crippen LogP contribution in [-0.4, -0.2) is 11.8 Å². The van der Waals surface area contributed by atoms with Gasteiger partial charge in [-0.2, -0.15) is 17.6 Å². The van der Waals surface area contributed by atoms with E-state index in [1.165, 1.54) is 18.2 Å². The van der Waals surface area contributed by atoms with Crippen LogP contribution in [0.3, 0.4) is 0 Å². The van der Waals surface area contributed by atoms with E-state index in [1.807, 2.05) is 0 Å². The minimum atomic E-state index is -4.60. The smallest absolute Gasteiger partial charge is 0.225 e. The van der Waals surface area contributed by atoms with Gasteiger partial charge in [-0.15, -0.1) is 0 Å². The highest BCUT2D eigenvalue weighted by molar-refractivity contribution is 5.41. The van der Waals surface area contributed by atoms with Gasteiger partial charge in [0.25, 0.3) is 5.67 Å². The molecule has 14 heavy (non-hydrogen) atoms. The van der Waals surface area contributed by atoms with Crippen molar-refractivity contribution < 1.29 is 22.0 Å². The van der Waals surface area contributed by atoms with Crippen molar-refractivity contribution in [3.8, 4) is 0 Å². The van der Waals surface area contributed by atoms with Crippen LogP contribution in [0.25, 0.3) is 0 Å². The third kappa shape index (κ3) is 0.738. The number of hydrogen-bond acceptors (Lipinski definition) is 0. The molecule has 1 aliphatic rings. The zero-order valence-electron chi connectivity index (χ0n) is 6.78. The Bertz CT molecular complexity index is 343. The molecular formula is C9H5F5. The topological polar surface area (TPSA) is 0 Å². The number of halogens is 5. The summed E-state index contributed by atoms with van der Waals surface area (Å²) in [6.07, 6.45) is 0. The second-order valence-corrected chi connectivity index (χ2v) is 3.17. The second kappa shape index (κ2) is 2.27.